The number of para-hydroxylation sites is 1. The van der Waals surface area contributed by atoms with Crippen LogP contribution in [0.25, 0.3) is 0 Å². The van der Waals surface area contributed by atoms with Crippen LogP contribution in [0.1, 0.15) is 0 Å². The third-order valence-electron chi connectivity index (χ3n) is 7.55. The smallest absolute Gasteiger partial charge is 0.0620 e. The third kappa shape index (κ3) is 12.2. The van der Waals surface area contributed by atoms with Gasteiger partial charge in [-0.2, -0.15) is 24.3 Å². The van der Waals surface area contributed by atoms with Crippen molar-refractivity contribution in [2.45, 2.75) is 0 Å². The van der Waals surface area contributed by atoms with Crippen molar-refractivity contribution in [3.63, 3.8) is 0 Å². The van der Waals surface area contributed by atoms with E-state index < -0.39 is 15.8 Å². The summed E-state index contributed by atoms with van der Waals surface area (Å²) >= 11 is 1.61. The summed E-state index contributed by atoms with van der Waals surface area (Å²) in [7, 11) is 6.87. The van der Waals surface area contributed by atoms with Crippen molar-refractivity contribution in [3.05, 3.63) is 212 Å². The van der Waals surface area contributed by atoms with Gasteiger partial charge in [0.15, 0.2) is 0 Å². The van der Waals surface area contributed by atoms with Crippen molar-refractivity contribution < 1.29 is 18.8 Å². The topological polar surface area (TPSA) is 3.24 Å². The molecule has 0 aromatic heterocycles. The fraction of sp³-hybridized carbons (Fsp3) is 0.0455. The quantitative estimate of drug-likeness (QED) is 0.115. The van der Waals surface area contributed by atoms with Crippen LogP contribution in [0.2, 0.25) is 0 Å². The summed E-state index contributed by atoms with van der Waals surface area (Å²) in [5.74, 6) is 0. The largest absolute Gasteiger partial charge is 0.102 e. The zero-order chi connectivity index (χ0) is 34.5. The van der Waals surface area contributed by atoms with Gasteiger partial charge in [-0.1, -0.05) is 115 Å². The van der Waals surface area contributed by atoms with Crippen LogP contribution in [0.4, 0.5) is 5.69 Å². The molecule has 0 aliphatic rings. The molecule has 0 aliphatic heterocycles. The van der Waals surface area contributed by atoms with Gasteiger partial charge in [-0.05, 0) is 72.8 Å². The molecule has 0 spiro atoms. The number of anilines is 1. The van der Waals surface area contributed by atoms with Gasteiger partial charge in [0.1, 0.15) is 31.8 Å². The number of rotatable bonds is 7. The van der Waals surface area contributed by atoms with Crippen LogP contribution in [0.3, 0.4) is 0 Å². The molecule has 0 aliphatic carbocycles. The molecule has 1 nitrogen and oxygen atoms in total. The Morgan fingerprint density at radius 3 is 0.755 bits per heavy atom. The number of benzene rings is 7. The first-order chi connectivity index (χ1) is 24.2. The first-order valence-corrected chi connectivity index (χ1v) is 21.8. The fourth-order valence-electron chi connectivity index (χ4n) is 5.29. The molecular formula is C44H42ClNP2Pt+2. The number of hydrogen-bond acceptors (Lipinski definition) is 1. The van der Waals surface area contributed by atoms with Gasteiger partial charge >= 0.3 is 28.2 Å². The second-order valence-electron chi connectivity index (χ2n) is 11.1. The summed E-state index contributed by atoms with van der Waals surface area (Å²) in [6, 6.07) is 76.0. The molecule has 5 heteroatoms. The van der Waals surface area contributed by atoms with E-state index in [1.54, 1.807) is 18.8 Å². The normalized spacial score (nSPS) is 10.0. The van der Waals surface area contributed by atoms with E-state index in [4.69, 9.17) is 0 Å². The first kappa shape index (κ1) is 38.0. The summed E-state index contributed by atoms with van der Waals surface area (Å²) in [6.45, 7) is 0. The van der Waals surface area contributed by atoms with E-state index in [2.05, 4.69) is 197 Å². The van der Waals surface area contributed by atoms with Crippen molar-refractivity contribution in [3.8, 4) is 0 Å². The molecule has 248 valence electrons. The molecule has 0 fully saturated rings. The molecule has 7 rings (SSSR count). The molecule has 0 radical (unpaired) electrons. The van der Waals surface area contributed by atoms with Gasteiger partial charge in [-0.25, -0.2) is 0 Å². The maximum Gasteiger partial charge on any atom is 0.102 e. The van der Waals surface area contributed by atoms with Gasteiger partial charge in [0.05, 0.1) is 15.8 Å². The van der Waals surface area contributed by atoms with Gasteiger partial charge in [-0.15, -0.1) is 6.07 Å². The second-order valence-corrected chi connectivity index (χ2v) is 16.1. The minimum atomic E-state index is -0.877. The SMILES string of the molecule is CN(C)c1[c-]cccc1.[Cl][Pt+].c1ccc([PH+](c2ccccc2)c2ccccc2)cc1.c1ccc([PH+](c2ccccc2)c2ccccc2)cc1. The van der Waals surface area contributed by atoms with E-state index in [9.17, 15) is 0 Å². The molecule has 0 heterocycles. The van der Waals surface area contributed by atoms with Crippen molar-refractivity contribution in [2.24, 2.45) is 0 Å². The van der Waals surface area contributed by atoms with Crippen molar-refractivity contribution >= 4 is 62.8 Å². The number of hydrogen-bond donors (Lipinski definition) is 0. The minimum Gasteiger partial charge on any atom is -0.0620 e. The third-order valence-corrected chi connectivity index (χ3v) is 13.0. The van der Waals surface area contributed by atoms with E-state index in [0.717, 1.165) is 5.69 Å². The van der Waals surface area contributed by atoms with Crippen LogP contribution in [-0.4, -0.2) is 14.1 Å². The summed E-state index contributed by atoms with van der Waals surface area (Å²) in [6.07, 6.45) is 0. The maximum atomic E-state index is 4.61. The minimum absolute atomic E-state index is 0.877. The number of halogens is 1. The predicted octanol–water partition coefficient (Wildman–Crippen LogP) is 8.59. The molecule has 0 saturated heterocycles. The van der Waals surface area contributed by atoms with E-state index in [1.807, 2.05) is 43.3 Å². The zero-order valence-corrected chi connectivity index (χ0v) is 32.8. The Labute approximate surface area is 311 Å². The Balaban J connectivity index is 0.000000171. The molecule has 7 aromatic rings. The maximum absolute atomic E-state index is 4.61. The van der Waals surface area contributed by atoms with Gasteiger partial charge in [0.25, 0.3) is 0 Å². The van der Waals surface area contributed by atoms with Crippen LogP contribution in [0.15, 0.2) is 206 Å². The Morgan fingerprint density at radius 2 is 0.592 bits per heavy atom. The summed E-state index contributed by atoms with van der Waals surface area (Å²) in [5, 5.41) is 8.61. The standard InChI is InChI=1S/2C18H15P.C8H10N.ClH.Pt/c2*1-4-10-16(11-5-1)19(17-12-6-2-7-13-17)18-14-8-3-9-15-18;1-9(2)8-6-4-3-5-7-8;;/h2*1-15H;3-6H,1-2H3;1H;/q;;-1;;+2/p+1. The molecule has 49 heavy (non-hydrogen) atoms. The first-order valence-electron chi connectivity index (χ1n) is 16.0. The molecule has 0 N–H and O–H groups in total. The van der Waals surface area contributed by atoms with Crippen LogP contribution >= 0.6 is 25.3 Å². The average molecular weight is 877 g/mol. The van der Waals surface area contributed by atoms with E-state index in [0.29, 0.717) is 0 Å². The van der Waals surface area contributed by atoms with Gasteiger partial charge in [0.2, 0.25) is 0 Å². The van der Waals surface area contributed by atoms with E-state index >= 15 is 0 Å². The monoisotopic (exact) mass is 876 g/mol. The molecule has 7 aromatic carbocycles. The molecule has 0 bridgehead atoms. The van der Waals surface area contributed by atoms with Crippen molar-refractivity contribution in [2.75, 3.05) is 19.0 Å². The zero-order valence-electron chi connectivity index (χ0n) is 27.8. The van der Waals surface area contributed by atoms with Crippen LogP contribution in [-0.2, 0) is 18.8 Å². The summed E-state index contributed by atoms with van der Waals surface area (Å²) in [5.41, 5.74) is 1.12. The molecular weight excluding hydrogens is 835 g/mol. The van der Waals surface area contributed by atoms with Crippen LogP contribution < -0.4 is 36.7 Å². The van der Waals surface area contributed by atoms with Gasteiger partial charge in [-0.3, -0.25) is 0 Å². The fourth-order valence-corrected chi connectivity index (χ4v) is 10.4. The van der Waals surface area contributed by atoms with Crippen molar-refractivity contribution in [1.82, 2.24) is 0 Å². The summed E-state index contributed by atoms with van der Waals surface area (Å²) in [4.78, 5) is 2.03. The van der Waals surface area contributed by atoms with E-state index in [1.165, 1.54) is 31.8 Å². The van der Waals surface area contributed by atoms with Gasteiger partial charge in [0, 0.05) is 14.1 Å². The molecule has 0 unspecified atom stereocenters. The molecule has 0 saturated carbocycles. The summed E-state index contributed by atoms with van der Waals surface area (Å²) < 4.78 is 0. The van der Waals surface area contributed by atoms with E-state index in [-0.39, 0.29) is 0 Å². The van der Waals surface area contributed by atoms with Crippen molar-refractivity contribution in [1.29, 1.82) is 0 Å². The van der Waals surface area contributed by atoms with Gasteiger partial charge < -0.3 is 4.90 Å². The Morgan fingerprint density at radius 1 is 0.367 bits per heavy atom. The van der Waals surface area contributed by atoms with Crippen LogP contribution in [0, 0.1) is 6.07 Å². The second kappa shape index (κ2) is 22.0. The number of nitrogens with zero attached hydrogens (tertiary/aromatic N) is 1. The Kier molecular flexibility index (Phi) is 17.1. The predicted molar refractivity (Wildman–Crippen MR) is 219 cm³/mol. The Hall–Kier alpha value is -3.82. The Bertz CT molecular complexity index is 1520. The molecule has 0 atom stereocenters. The molecule has 0 amide bonds. The van der Waals surface area contributed by atoms with Crippen LogP contribution in [0.5, 0.6) is 0 Å². The average Bonchev–Trinajstić information content (AvgIpc) is 3.19.